The molecule has 2 rings (SSSR count). The molecule has 1 aliphatic heterocycles. The lowest BCUT2D eigenvalue weighted by atomic mass is 9.97. The fourth-order valence-corrected chi connectivity index (χ4v) is 2.15. The van der Waals surface area contributed by atoms with Gasteiger partial charge in [0, 0.05) is 30.9 Å². The normalized spacial score (nSPS) is 18.4. The van der Waals surface area contributed by atoms with Gasteiger partial charge in [-0.05, 0) is 5.92 Å². The first-order valence-corrected chi connectivity index (χ1v) is 5.63. The van der Waals surface area contributed by atoms with Crippen molar-refractivity contribution >= 4 is 5.91 Å². The van der Waals surface area contributed by atoms with Crippen molar-refractivity contribution < 1.29 is 4.79 Å². The molecule has 0 radical (unpaired) electrons. The number of carbonyl (C=O) groups is 1. The minimum absolute atomic E-state index is 0.179. The van der Waals surface area contributed by atoms with Crippen molar-refractivity contribution in [3.05, 3.63) is 18.2 Å². The first kappa shape index (κ1) is 11.1. The summed E-state index contributed by atoms with van der Waals surface area (Å²) in [5.41, 5.74) is 6.56. The molecule has 0 spiro atoms. The molecule has 5 nitrogen and oxygen atoms in total. The van der Waals surface area contributed by atoms with Crippen LogP contribution in [0, 0.1) is 5.92 Å². The maximum absolute atomic E-state index is 11.5. The van der Waals surface area contributed by atoms with Crippen LogP contribution in [0.4, 0.5) is 0 Å². The third-order valence-electron chi connectivity index (χ3n) is 3.12. The average molecular weight is 222 g/mol. The van der Waals surface area contributed by atoms with E-state index in [2.05, 4.69) is 10.3 Å². The van der Waals surface area contributed by atoms with E-state index >= 15 is 0 Å². The summed E-state index contributed by atoms with van der Waals surface area (Å²) in [5, 5.41) is 3.22. The molecule has 1 aromatic rings. The Labute approximate surface area is 95.0 Å². The number of amides is 1. The van der Waals surface area contributed by atoms with Gasteiger partial charge >= 0.3 is 0 Å². The summed E-state index contributed by atoms with van der Waals surface area (Å²) in [6, 6.07) is -0.293. The number of nitrogens with one attached hydrogen (secondary N) is 1. The van der Waals surface area contributed by atoms with Crippen LogP contribution < -0.4 is 11.1 Å². The van der Waals surface area contributed by atoms with Crippen LogP contribution in [0.25, 0.3) is 0 Å². The second-order valence-electron chi connectivity index (χ2n) is 4.67. The van der Waals surface area contributed by atoms with Crippen molar-refractivity contribution in [2.75, 3.05) is 13.1 Å². The summed E-state index contributed by atoms with van der Waals surface area (Å²) in [5.74, 6) is 0.350. The monoisotopic (exact) mass is 222 g/mol. The van der Waals surface area contributed by atoms with E-state index in [4.69, 9.17) is 5.73 Å². The topological polar surface area (TPSA) is 72.9 Å². The van der Waals surface area contributed by atoms with E-state index in [0.29, 0.717) is 5.92 Å². The third-order valence-corrected chi connectivity index (χ3v) is 3.12. The highest BCUT2D eigenvalue weighted by Gasteiger charge is 2.28. The zero-order chi connectivity index (χ0) is 11.7. The van der Waals surface area contributed by atoms with Gasteiger partial charge < -0.3 is 15.6 Å². The van der Waals surface area contributed by atoms with Crippen LogP contribution in [0.3, 0.4) is 0 Å². The summed E-state index contributed by atoms with van der Waals surface area (Å²) in [6.45, 7) is 5.90. The van der Waals surface area contributed by atoms with E-state index in [1.807, 2.05) is 24.6 Å². The molecule has 5 heteroatoms. The highest BCUT2D eigenvalue weighted by Crippen LogP contribution is 2.25. The minimum atomic E-state index is -0.293. The summed E-state index contributed by atoms with van der Waals surface area (Å²) < 4.78 is 1.93. The lowest BCUT2D eigenvalue weighted by Gasteiger charge is -2.30. The highest BCUT2D eigenvalue weighted by molar-refractivity contribution is 5.78. The smallest absolute Gasteiger partial charge is 0.240 e. The Balaban J connectivity index is 2.30. The molecule has 0 aromatic carbocycles. The van der Waals surface area contributed by atoms with E-state index in [0.717, 1.165) is 18.8 Å². The van der Waals surface area contributed by atoms with Crippen LogP contribution in [0.5, 0.6) is 0 Å². The molecule has 1 unspecified atom stereocenters. The van der Waals surface area contributed by atoms with Gasteiger partial charge in [0.15, 0.2) is 0 Å². The Kier molecular flexibility index (Phi) is 2.96. The van der Waals surface area contributed by atoms with Crippen LogP contribution >= 0.6 is 0 Å². The van der Waals surface area contributed by atoms with Crippen molar-refractivity contribution in [2.45, 2.75) is 25.8 Å². The molecular weight excluding hydrogens is 204 g/mol. The van der Waals surface area contributed by atoms with E-state index in [-0.39, 0.29) is 17.9 Å². The fraction of sp³-hybridized carbons (Fsp3) is 0.636. The number of hydrogen-bond acceptors (Lipinski definition) is 3. The number of hydrogen-bond donors (Lipinski definition) is 2. The number of aromatic nitrogens is 2. The van der Waals surface area contributed by atoms with Gasteiger partial charge in [0.05, 0.1) is 6.33 Å². The number of nitrogens with zero attached hydrogens (tertiary/aromatic N) is 2. The maximum Gasteiger partial charge on any atom is 0.240 e. The van der Waals surface area contributed by atoms with E-state index in [9.17, 15) is 4.79 Å². The van der Waals surface area contributed by atoms with Gasteiger partial charge in [-0.3, -0.25) is 4.79 Å². The molecule has 1 fully saturated rings. The quantitative estimate of drug-likeness (QED) is 0.767. The zero-order valence-corrected chi connectivity index (χ0v) is 9.68. The van der Waals surface area contributed by atoms with Crippen LogP contribution in [0.1, 0.15) is 31.5 Å². The standard InChI is InChI=1S/C11H18N4O/c1-7(2)10(11(12)16)15-6-14-5-9(15)8-3-13-4-8/h5-8,10,13H,3-4H2,1-2H3,(H2,12,16). The molecular formula is C11H18N4O. The summed E-state index contributed by atoms with van der Waals surface area (Å²) >= 11 is 0. The number of carbonyl (C=O) groups excluding carboxylic acids is 1. The number of rotatable bonds is 4. The Morgan fingerprint density at radius 1 is 1.62 bits per heavy atom. The number of nitrogens with two attached hydrogens (primary N) is 1. The molecule has 1 aromatic heterocycles. The van der Waals surface area contributed by atoms with Gasteiger partial charge in [0.1, 0.15) is 6.04 Å². The van der Waals surface area contributed by atoms with Gasteiger partial charge in [0.25, 0.3) is 0 Å². The molecule has 1 saturated heterocycles. The highest BCUT2D eigenvalue weighted by atomic mass is 16.1. The van der Waals surface area contributed by atoms with Crippen molar-refractivity contribution in [3.63, 3.8) is 0 Å². The van der Waals surface area contributed by atoms with Gasteiger partial charge in [-0.2, -0.15) is 0 Å². The molecule has 0 bridgehead atoms. The molecule has 0 saturated carbocycles. The van der Waals surface area contributed by atoms with Gasteiger partial charge in [-0.15, -0.1) is 0 Å². The van der Waals surface area contributed by atoms with Crippen LogP contribution in [0.2, 0.25) is 0 Å². The predicted molar refractivity (Wildman–Crippen MR) is 60.9 cm³/mol. The van der Waals surface area contributed by atoms with Crippen molar-refractivity contribution in [3.8, 4) is 0 Å². The van der Waals surface area contributed by atoms with Crippen LogP contribution in [0.15, 0.2) is 12.5 Å². The summed E-state index contributed by atoms with van der Waals surface area (Å²) in [4.78, 5) is 15.6. The lowest BCUT2D eigenvalue weighted by Crippen LogP contribution is -2.42. The van der Waals surface area contributed by atoms with Crippen molar-refractivity contribution in [2.24, 2.45) is 11.7 Å². The first-order valence-electron chi connectivity index (χ1n) is 5.63. The largest absolute Gasteiger partial charge is 0.368 e. The van der Waals surface area contributed by atoms with Crippen LogP contribution in [-0.2, 0) is 4.79 Å². The second kappa shape index (κ2) is 4.25. The zero-order valence-electron chi connectivity index (χ0n) is 9.68. The van der Waals surface area contributed by atoms with Crippen molar-refractivity contribution in [1.29, 1.82) is 0 Å². The Bertz CT molecular complexity index is 381. The molecule has 1 amide bonds. The predicted octanol–water partition coefficient (Wildman–Crippen LogP) is 0.252. The second-order valence-corrected chi connectivity index (χ2v) is 4.67. The molecule has 1 aliphatic rings. The van der Waals surface area contributed by atoms with E-state index in [1.165, 1.54) is 0 Å². The first-order chi connectivity index (χ1) is 7.61. The summed E-state index contributed by atoms with van der Waals surface area (Å²) in [6.07, 6.45) is 3.55. The van der Waals surface area contributed by atoms with Gasteiger partial charge in [-0.1, -0.05) is 13.8 Å². The number of imidazole rings is 1. The Morgan fingerprint density at radius 2 is 2.31 bits per heavy atom. The molecule has 16 heavy (non-hydrogen) atoms. The Morgan fingerprint density at radius 3 is 2.75 bits per heavy atom. The van der Waals surface area contributed by atoms with Gasteiger partial charge in [-0.25, -0.2) is 4.98 Å². The Hall–Kier alpha value is -1.36. The average Bonchev–Trinajstić information content (AvgIpc) is 2.49. The molecule has 0 aliphatic carbocycles. The van der Waals surface area contributed by atoms with Crippen LogP contribution in [-0.4, -0.2) is 28.5 Å². The fourth-order valence-electron chi connectivity index (χ4n) is 2.15. The molecule has 88 valence electrons. The molecule has 1 atom stereocenters. The minimum Gasteiger partial charge on any atom is -0.368 e. The van der Waals surface area contributed by atoms with E-state index < -0.39 is 0 Å². The maximum atomic E-state index is 11.5. The lowest BCUT2D eigenvalue weighted by molar-refractivity contribution is -0.122. The van der Waals surface area contributed by atoms with Crippen molar-refractivity contribution in [1.82, 2.24) is 14.9 Å². The third kappa shape index (κ3) is 1.82. The summed E-state index contributed by atoms with van der Waals surface area (Å²) in [7, 11) is 0. The van der Waals surface area contributed by atoms with E-state index in [1.54, 1.807) is 6.33 Å². The molecule has 3 N–H and O–H groups in total. The number of primary amides is 1. The SMILES string of the molecule is CC(C)C(C(N)=O)n1cncc1C1CNC1. The van der Waals surface area contributed by atoms with Gasteiger partial charge in [0.2, 0.25) is 5.91 Å². The molecule has 2 heterocycles.